The molecule has 1 fully saturated rings. The third-order valence-electron chi connectivity index (χ3n) is 2.09. The Morgan fingerprint density at radius 3 is 1.47 bits per heavy atom. The first-order chi connectivity index (χ1) is 8.29. The van der Waals surface area contributed by atoms with Gasteiger partial charge in [-0.3, -0.25) is 9.11 Å². The van der Waals surface area contributed by atoms with Crippen molar-refractivity contribution in [1.29, 1.82) is 0 Å². The van der Waals surface area contributed by atoms with Crippen molar-refractivity contribution in [3.8, 4) is 0 Å². The van der Waals surface area contributed by atoms with Crippen LogP contribution in [0.2, 0.25) is 0 Å². The highest BCUT2D eigenvalue weighted by molar-refractivity contribution is 8.62. The Hall–Kier alpha value is -0.380. The molecule has 1 heterocycles. The van der Waals surface area contributed by atoms with Gasteiger partial charge in [-0.05, 0) is 6.92 Å². The summed E-state index contributed by atoms with van der Waals surface area (Å²) in [5.74, 6) is 0. The molecule has 13 heteroatoms. The average Bonchev–Trinajstić information content (AvgIpc) is 2.22. The van der Waals surface area contributed by atoms with Crippen LogP contribution in [0, 0.1) is 0 Å². The maximum Gasteiger partial charge on any atom is 0.397 e. The summed E-state index contributed by atoms with van der Waals surface area (Å²) in [6.07, 6.45) is -5.99. The third-order valence-corrected chi connectivity index (χ3v) is 4.22. The van der Waals surface area contributed by atoms with E-state index in [2.05, 4.69) is 4.74 Å². The summed E-state index contributed by atoms with van der Waals surface area (Å²) < 4.78 is 57.1. The summed E-state index contributed by atoms with van der Waals surface area (Å²) >= 11 is 0. The van der Waals surface area contributed by atoms with Gasteiger partial charge in [0.25, 0.3) is 0 Å². The quantitative estimate of drug-likeness (QED) is 0.206. The summed E-state index contributed by atoms with van der Waals surface area (Å²) in [4.78, 5) is 0. The molecule has 1 aliphatic rings. The molecule has 0 radical (unpaired) electrons. The Balaban J connectivity index is 0.000000362. The molecule has 0 aromatic rings. The van der Waals surface area contributed by atoms with Gasteiger partial charge in [0.05, 0.1) is 6.10 Å². The van der Waals surface area contributed by atoms with Crippen LogP contribution in [-0.4, -0.2) is 77.1 Å². The van der Waals surface area contributed by atoms with E-state index in [1.54, 1.807) is 0 Å². The van der Waals surface area contributed by atoms with E-state index >= 15 is 0 Å². The minimum absolute atomic E-state index is 0.664. The molecule has 19 heavy (non-hydrogen) atoms. The molecule has 5 atom stereocenters. The van der Waals surface area contributed by atoms with Gasteiger partial charge in [-0.1, -0.05) is 0 Å². The Kier molecular flexibility index (Phi) is 6.25. The summed E-state index contributed by atoms with van der Waals surface area (Å²) in [6, 6.07) is 0. The van der Waals surface area contributed by atoms with Gasteiger partial charge >= 0.3 is 18.3 Å². The first kappa shape index (κ1) is 18.6. The smallest absolute Gasteiger partial charge is 0.388 e. The number of ether oxygens (including phenoxy) is 1. The second kappa shape index (κ2) is 6.38. The van der Waals surface area contributed by atoms with Crippen molar-refractivity contribution < 1.29 is 51.1 Å². The van der Waals surface area contributed by atoms with Crippen LogP contribution in [0.25, 0.3) is 0 Å². The normalized spacial score (nSPS) is 36.3. The molecule has 11 nitrogen and oxygen atoms in total. The highest BCUT2D eigenvalue weighted by atomic mass is 33.2. The van der Waals surface area contributed by atoms with Gasteiger partial charge in [0.1, 0.15) is 18.3 Å². The average molecular weight is 326 g/mol. The SMILES string of the molecule is C[C@@H]1OC(O)[C@H](O)[C@H](O)[C@H]1O.O=S(=O)(O)S(=O)(=O)O. The van der Waals surface area contributed by atoms with Crippen molar-refractivity contribution in [1.82, 2.24) is 0 Å². The molecule has 1 unspecified atom stereocenters. The predicted molar refractivity (Wildman–Crippen MR) is 57.7 cm³/mol. The predicted octanol–water partition coefficient (Wildman–Crippen LogP) is -3.52. The number of aliphatic hydroxyl groups is 4. The van der Waals surface area contributed by atoms with E-state index in [0.29, 0.717) is 0 Å². The van der Waals surface area contributed by atoms with Crippen molar-refractivity contribution in [2.24, 2.45) is 0 Å². The maximum atomic E-state index is 9.37. The van der Waals surface area contributed by atoms with Gasteiger partial charge in [-0.15, -0.1) is 0 Å². The molecule has 1 aliphatic heterocycles. The fourth-order valence-corrected chi connectivity index (χ4v) is 1.03. The van der Waals surface area contributed by atoms with Gasteiger partial charge in [0, 0.05) is 0 Å². The van der Waals surface area contributed by atoms with Crippen LogP contribution in [0.3, 0.4) is 0 Å². The number of rotatable bonds is 1. The first-order valence-electron chi connectivity index (χ1n) is 4.61. The minimum Gasteiger partial charge on any atom is -0.388 e. The summed E-state index contributed by atoms with van der Waals surface area (Å²) in [5.41, 5.74) is 0. The van der Waals surface area contributed by atoms with E-state index in [-0.39, 0.29) is 0 Å². The van der Waals surface area contributed by atoms with Crippen LogP contribution in [0.5, 0.6) is 0 Å². The molecule has 0 bridgehead atoms. The molecule has 0 saturated carbocycles. The lowest BCUT2D eigenvalue weighted by Gasteiger charge is -2.36. The van der Waals surface area contributed by atoms with E-state index in [1.807, 2.05) is 0 Å². The topological polar surface area (TPSA) is 199 Å². The van der Waals surface area contributed by atoms with Gasteiger partial charge in [-0.25, -0.2) is 0 Å². The van der Waals surface area contributed by atoms with Gasteiger partial charge in [-0.2, -0.15) is 16.8 Å². The molecule has 0 aromatic carbocycles. The molecule has 0 amide bonds. The van der Waals surface area contributed by atoms with Crippen LogP contribution in [0.1, 0.15) is 6.92 Å². The van der Waals surface area contributed by atoms with Crippen LogP contribution >= 0.6 is 0 Å². The van der Waals surface area contributed by atoms with Crippen molar-refractivity contribution in [3.63, 3.8) is 0 Å². The zero-order chi connectivity index (χ0) is 15.6. The Labute approximate surface area is 108 Å². The Morgan fingerprint density at radius 1 is 0.789 bits per heavy atom. The largest absolute Gasteiger partial charge is 0.397 e. The zero-order valence-electron chi connectivity index (χ0n) is 9.43. The second-order valence-electron chi connectivity index (χ2n) is 3.56. The summed E-state index contributed by atoms with van der Waals surface area (Å²) in [7, 11) is -10.6. The van der Waals surface area contributed by atoms with Crippen molar-refractivity contribution in [2.45, 2.75) is 37.6 Å². The van der Waals surface area contributed by atoms with Gasteiger partial charge in [0.15, 0.2) is 6.29 Å². The molecule has 1 saturated heterocycles. The highest BCUT2D eigenvalue weighted by Gasteiger charge is 2.40. The Morgan fingerprint density at radius 2 is 1.16 bits per heavy atom. The standard InChI is InChI=1S/C6H12O5.H2O6S2/c1-2-3(7)4(8)5(9)6(10)11-2;1-7(2,3)8(4,5)6/h2-10H,1H3;(H,1,2,3)(H,4,5,6)/t2-,3-,4+,5+,6?;/m0./s1. The van der Waals surface area contributed by atoms with Crippen LogP contribution in [0.15, 0.2) is 0 Å². The number of hydrogen-bond donors (Lipinski definition) is 6. The van der Waals surface area contributed by atoms with E-state index < -0.39 is 49.0 Å². The summed E-state index contributed by atoms with van der Waals surface area (Å²) in [6.45, 7) is 1.50. The fourth-order valence-electron chi connectivity index (χ4n) is 1.03. The van der Waals surface area contributed by atoms with Gasteiger partial charge < -0.3 is 25.2 Å². The fraction of sp³-hybridized carbons (Fsp3) is 1.00. The van der Waals surface area contributed by atoms with Crippen LogP contribution in [-0.2, 0) is 23.0 Å². The molecule has 116 valence electrons. The lowest BCUT2D eigenvalue weighted by molar-refractivity contribution is -0.277. The molecular formula is C6H14O11S2. The van der Waals surface area contributed by atoms with Crippen molar-refractivity contribution in [3.05, 3.63) is 0 Å². The molecule has 6 N–H and O–H groups in total. The van der Waals surface area contributed by atoms with Crippen LogP contribution < -0.4 is 0 Å². The van der Waals surface area contributed by atoms with Crippen LogP contribution in [0.4, 0.5) is 0 Å². The third kappa shape index (κ3) is 5.25. The molecular weight excluding hydrogens is 312 g/mol. The lowest BCUT2D eigenvalue weighted by atomic mass is 10.0. The van der Waals surface area contributed by atoms with E-state index in [1.165, 1.54) is 6.92 Å². The van der Waals surface area contributed by atoms with Gasteiger partial charge in [0.2, 0.25) is 0 Å². The van der Waals surface area contributed by atoms with E-state index in [0.717, 1.165) is 0 Å². The number of aliphatic hydroxyl groups excluding tert-OH is 4. The maximum absolute atomic E-state index is 9.37. The lowest BCUT2D eigenvalue weighted by Crippen LogP contribution is -2.56. The van der Waals surface area contributed by atoms with Crippen molar-refractivity contribution in [2.75, 3.05) is 0 Å². The molecule has 0 aliphatic carbocycles. The van der Waals surface area contributed by atoms with Crippen molar-refractivity contribution >= 4 is 18.3 Å². The Bertz CT molecular complexity index is 437. The minimum atomic E-state index is -5.31. The summed E-state index contributed by atoms with van der Waals surface area (Å²) in [5, 5.41) is 36.0. The molecule has 1 rings (SSSR count). The second-order valence-corrected chi connectivity index (χ2v) is 7.80. The van der Waals surface area contributed by atoms with E-state index in [9.17, 15) is 16.8 Å². The zero-order valence-corrected chi connectivity index (χ0v) is 11.1. The van der Waals surface area contributed by atoms with E-state index in [4.69, 9.17) is 29.5 Å². The first-order valence-corrected chi connectivity index (χ1v) is 8.01. The highest BCUT2D eigenvalue weighted by Crippen LogP contribution is 2.18. The molecule has 0 aromatic heterocycles. The number of hydrogen-bond acceptors (Lipinski definition) is 9. The molecule has 0 spiro atoms. The monoisotopic (exact) mass is 326 g/mol.